The van der Waals surface area contributed by atoms with Crippen LogP contribution in [0.2, 0.25) is 0 Å². The number of hydrogen-bond donors (Lipinski definition) is 0. The number of nitrogens with zero attached hydrogens (tertiary/aromatic N) is 1. The Morgan fingerprint density at radius 3 is 2.08 bits per heavy atom. The third kappa shape index (κ3) is 2.13. The Morgan fingerprint density at radius 1 is 1.42 bits per heavy atom. The summed E-state index contributed by atoms with van der Waals surface area (Å²) in [7, 11) is 0. The third-order valence-corrected chi connectivity index (χ3v) is 1.79. The van der Waals surface area contributed by atoms with E-state index in [0.29, 0.717) is 0 Å². The van der Waals surface area contributed by atoms with E-state index in [0.717, 1.165) is 6.54 Å². The second-order valence-corrected chi connectivity index (χ2v) is 4.88. The van der Waals surface area contributed by atoms with Gasteiger partial charge in [0.25, 0.3) is 0 Å². The van der Waals surface area contributed by atoms with Crippen LogP contribution in [0.5, 0.6) is 0 Å². The normalized spacial score (nSPS) is 20.6. The molecule has 0 aromatic carbocycles. The molecule has 1 fully saturated rings. The fraction of sp³-hybridized carbons (Fsp3) is 0.889. The Balaban J connectivity index is 2.42. The number of amides is 1. The number of carbonyl (C=O) groups is 1. The van der Waals surface area contributed by atoms with Crippen LogP contribution in [0.4, 0.5) is 4.79 Å². The van der Waals surface area contributed by atoms with Gasteiger partial charge in [-0.25, -0.2) is 4.79 Å². The van der Waals surface area contributed by atoms with E-state index in [4.69, 9.17) is 4.74 Å². The highest BCUT2D eigenvalue weighted by molar-refractivity contribution is 5.72. The smallest absolute Gasteiger partial charge is 0.410 e. The number of ether oxygens (including phenoxy) is 1. The van der Waals surface area contributed by atoms with E-state index >= 15 is 0 Å². The first-order chi connectivity index (χ1) is 5.22. The minimum atomic E-state index is -0.379. The van der Waals surface area contributed by atoms with E-state index < -0.39 is 0 Å². The van der Waals surface area contributed by atoms with Gasteiger partial charge in [0, 0.05) is 6.54 Å². The predicted octanol–water partition coefficient (Wildman–Crippen LogP) is 2.02. The highest BCUT2D eigenvalue weighted by atomic mass is 16.6. The van der Waals surface area contributed by atoms with Gasteiger partial charge in [-0.15, -0.1) is 0 Å². The zero-order valence-corrected chi connectivity index (χ0v) is 8.47. The monoisotopic (exact) mass is 171 g/mol. The summed E-state index contributed by atoms with van der Waals surface area (Å²) in [5.41, 5.74) is -0.363. The zero-order chi connectivity index (χ0) is 9.57. The molecule has 0 N–H and O–H groups in total. The van der Waals surface area contributed by atoms with Gasteiger partial charge >= 0.3 is 6.09 Å². The van der Waals surface area contributed by atoms with Crippen molar-refractivity contribution in [2.24, 2.45) is 0 Å². The molecule has 1 heterocycles. The molecule has 0 bridgehead atoms. The average Bonchev–Trinajstić information content (AvgIpc) is 2.35. The number of hydrogen-bond acceptors (Lipinski definition) is 2. The van der Waals surface area contributed by atoms with Crippen molar-refractivity contribution in [3.8, 4) is 0 Å². The van der Waals surface area contributed by atoms with Crippen molar-refractivity contribution in [2.75, 3.05) is 6.54 Å². The van der Waals surface area contributed by atoms with Crippen LogP contribution in [0.25, 0.3) is 0 Å². The lowest BCUT2D eigenvalue weighted by Gasteiger charge is -2.20. The molecule has 0 spiro atoms. The second kappa shape index (κ2) is 2.38. The van der Waals surface area contributed by atoms with E-state index in [-0.39, 0.29) is 17.2 Å². The van der Waals surface area contributed by atoms with Crippen molar-refractivity contribution in [1.82, 2.24) is 4.90 Å². The van der Waals surface area contributed by atoms with Gasteiger partial charge in [-0.3, -0.25) is 4.90 Å². The van der Waals surface area contributed by atoms with Crippen LogP contribution in [0.3, 0.4) is 0 Å². The Bertz CT molecular complexity index is 203. The zero-order valence-electron chi connectivity index (χ0n) is 8.47. The van der Waals surface area contributed by atoms with Gasteiger partial charge in [0.1, 0.15) is 5.60 Å². The second-order valence-electron chi connectivity index (χ2n) is 4.88. The van der Waals surface area contributed by atoms with Crippen molar-refractivity contribution in [2.45, 2.75) is 45.8 Å². The third-order valence-electron chi connectivity index (χ3n) is 1.79. The highest BCUT2D eigenvalue weighted by Crippen LogP contribution is 2.32. The molecule has 70 valence electrons. The summed E-state index contributed by atoms with van der Waals surface area (Å²) in [5, 5.41) is 0. The maximum absolute atomic E-state index is 11.3. The van der Waals surface area contributed by atoms with Gasteiger partial charge in [-0.1, -0.05) is 0 Å². The molecule has 3 heteroatoms. The Kier molecular flexibility index (Phi) is 1.85. The summed E-state index contributed by atoms with van der Waals surface area (Å²) in [6.45, 7) is 10.5. The number of carbonyl (C=O) groups excluding carboxylic acids is 1. The molecule has 0 atom stereocenters. The van der Waals surface area contributed by atoms with Crippen LogP contribution in [0.15, 0.2) is 0 Å². The molecule has 12 heavy (non-hydrogen) atoms. The molecule has 0 saturated carbocycles. The van der Waals surface area contributed by atoms with E-state index in [1.54, 1.807) is 4.90 Å². The van der Waals surface area contributed by atoms with Gasteiger partial charge in [0.15, 0.2) is 0 Å². The SMILES string of the molecule is CC(C)(C)OC(=O)N1CC1(C)C. The van der Waals surface area contributed by atoms with E-state index in [2.05, 4.69) is 0 Å². The number of rotatable bonds is 0. The first-order valence-electron chi connectivity index (χ1n) is 4.23. The van der Waals surface area contributed by atoms with Crippen LogP contribution in [-0.4, -0.2) is 28.7 Å². The first-order valence-corrected chi connectivity index (χ1v) is 4.23. The van der Waals surface area contributed by atoms with Crippen molar-refractivity contribution in [3.63, 3.8) is 0 Å². The lowest BCUT2D eigenvalue weighted by atomic mass is 10.2. The van der Waals surface area contributed by atoms with Gasteiger partial charge in [-0.2, -0.15) is 0 Å². The van der Waals surface area contributed by atoms with Gasteiger partial charge in [0.05, 0.1) is 5.54 Å². The van der Waals surface area contributed by atoms with Crippen LogP contribution in [0.1, 0.15) is 34.6 Å². The Morgan fingerprint density at radius 2 is 1.83 bits per heavy atom. The molecule has 1 aliphatic heterocycles. The molecule has 1 saturated heterocycles. The largest absolute Gasteiger partial charge is 0.444 e. The highest BCUT2D eigenvalue weighted by Gasteiger charge is 2.48. The minimum absolute atomic E-state index is 0.0162. The molecule has 3 nitrogen and oxygen atoms in total. The van der Waals surface area contributed by atoms with Crippen LogP contribution in [0, 0.1) is 0 Å². The van der Waals surface area contributed by atoms with Crippen LogP contribution < -0.4 is 0 Å². The van der Waals surface area contributed by atoms with Crippen LogP contribution >= 0.6 is 0 Å². The molecule has 0 radical (unpaired) electrons. The van der Waals surface area contributed by atoms with Crippen molar-refractivity contribution in [1.29, 1.82) is 0 Å². The first kappa shape index (κ1) is 9.36. The molecule has 0 aromatic heterocycles. The van der Waals surface area contributed by atoms with Gasteiger partial charge < -0.3 is 4.74 Å². The maximum Gasteiger partial charge on any atom is 0.410 e. The maximum atomic E-state index is 11.3. The van der Waals surface area contributed by atoms with E-state index in [9.17, 15) is 4.79 Å². The molecule has 1 rings (SSSR count). The van der Waals surface area contributed by atoms with E-state index in [1.165, 1.54) is 0 Å². The molecule has 1 amide bonds. The Hall–Kier alpha value is -0.730. The average molecular weight is 171 g/mol. The summed E-state index contributed by atoms with van der Waals surface area (Å²) >= 11 is 0. The fourth-order valence-electron chi connectivity index (χ4n) is 0.980. The van der Waals surface area contributed by atoms with E-state index in [1.807, 2.05) is 34.6 Å². The quantitative estimate of drug-likeness (QED) is 0.522. The Labute approximate surface area is 73.7 Å². The minimum Gasteiger partial charge on any atom is -0.444 e. The van der Waals surface area contributed by atoms with Gasteiger partial charge in [-0.05, 0) is 34.6 Å². The molecule has 0 aromatic rings. The molecule has 0 aliphatic carbocycles. The summed E-state index contributed by atoms with van der Waals surface area (Å²) in [5.74, 6) is 0. The van der Waals surface area contributed by atoms with Gasteiger partial charge in [0.2, 0.25) is 0 Å². The van der Waals surface area contributed by atoms with Crippen molar-refractivity contribution < 1.29 is 9.53 Å². The molecular weight excluding hydrogens is 154 g/mol. The summed E-state index contributed by atoms with van der Waals surface area (Å²) in [6.07, 6.45) is -0.201. The van der Waals surface area contributed by atoms with Crippen molar-refractivity contribution in [3.05, 3.63) is 0 Å². The topological polar surface area (TPSA) is 29.3 Å². The predicted molar refractivity (Wildman–Crippen MR) is 47.0 cm³/mol. The lowest BCUT2D eigenvalue weighted by molar-refractivity contribution is 0.0389. The molecule has 1 aliphatic rings. The summed E-state index contributed by atoms with van der Waals surface area (Å²) in [4.78, 5) is 13.1. The molecular formula is C9H17NO2. The van der Waals surface area contributed by atoms with Crippen molar-refractivity contribution >= 4 is 6.09 Å². The summed E-state index contributed by atoms with van der Waals surface area (Å²) in [6, 6.07) is 0. The summed E-state index contributed by atoms with van der Waals surface area (Å²) < 4.78 is 5.18. The molecule has 0 unspecified atom stereocenters. The van der Waals surface area contributed by atoms with Crippen LogP contribution in [-0.2, 0) is 4.74 Å². The standard InChI is InChI=1S/C9H17NO2/c1-8(2,3)12-7(11)10-6-9(10,4)5/h6H2,1-5H3. The fourth-order valence-corrected chi connectivity index (χ4v) is 0.980. The lowest BCUT2D eigenvalue weighted by Crippen LogP contribution is -2.29.